The van der Waals surface area contributed by atoms with Crippen molar-refractivity contribution in [1.82, 2.24) is 9.47 Å². The molecule has 0 aliphatic carbocycles. The molecule has 0 saturated carbocycles. The van der Waals surface area contributed by atoms with Crippen molar-refractivity contribution in [1.29, 1.82) is 0 Å². The van der Waals surface area contributed by atoms with E-state index in [-0.39, 0.29) is 12.1 Å². The van der Waals surface area contributed by atoms with E-state index in [1.807, 2.05) is 66.4 Å². The Labute approximate surface area is 164 Å². The van der Waals surface area contributed by atoms with E-state index in [1.165, 1.54) is 0 Å². The molecule has 0 saturated heterocycles. The average Bonchev–Trinajstić information content (AvgIpc) is 3.03. The van der Waals surface area contributed by atoms with Crippen molar-refractivity contribution in [3.05, 3.63) is 88.7 Å². The smallest absolute Gasteiger partial charge is 0.322 e. The largest absolute Gasteiger partial charge is 0.349 e. The van der Waals surface area contributed by atoms with Crippen LogP contribution in [0.5, 0.6) is 0 Å². The summed E-state index contributed by atoms with van der Waals surface area (Å²) >= 11 is 6.53. The first-order chi connectivity index (χ1) is 13.1. The van der Waals surface area contributed by atoms with Crippen molar-refractivity contribution in [2.75, 3.05) is 11.9 Å². The fourth-order valence-electron chi connectivity index (χ4n) is 3.74. The monoisotopic (exact) mass is 379 g/mol. The van der Waals surface area contributed by atoms with Crippen molar-refractivity contribution < 1.29 is 4.79 Å². The third-order valence-electron chi connectivity index (χ3n) is 4.98. The number of hydrogen-bond acceptors (Lipinski definition) is 1. The number of benzene rings is 2. The van der Waals surface area contributed by atoms with Crippen LogP contribution in [0.25, 0.3) is 0 Å². The Morgan fingerprint density at radius 3 is 2.74 bits per heavy atom. The summed E-state index contributed by atoms with van der Waals surface area (Å²) in [5, 5.41) is 3.73. The Morgan fingerprint density at radius 2 is 1.93 bits per heavy atom. The van der Waals surface area contributed by atoms with Gasteiger partial charge in [-0.1, -0.05) is 41.9 Å². The maximum absolute atomic E-state index is 13.2. The zero-order valence-corrected chi connectivity index (χ0v) is 16.0. The highest BCUT2D eigenvalue weighted by molar-refractivity contribution is 6.31. The van der Waals surface area contributed by atoms with Crippen molar-refractivity contribution >= 4 is 23.3 Å². The molecule has 1 aromatic heterocycles. The summed E-state index contributed by atoms with van der Waals surface area (Å²) in [6, 6.07) is 19.4. The lowest BCUT2D eigenvalue weighted by molar-refractivity contribution is 0.199. The number of amides is 2. The summed E-state index contributed by atoms with van der Waals surface area (Å²) in [5.41, 5.74) is 3.94. The highest BCUT2D eigenvalue weighted by Gasteiger charge is 2.32. The third-order valence-corrected chi connectivity index (χ3v) is 5.33. The maximum atomic E-state index is 13.2. The van der Waals surface area contributed by atoms with Crippen molar-refractivity contribution in [3.8, 4) is 0 Å². The number of aryl methyl sites for hydroxylation is 2. The highest BCUT2D eigenvalue weighted by atomic mass is 35.5. The Balaban J connectivity index is 1.73. The van der Waals surface area contributed by atoms with Crippen LogP contribution in [-0.2, 0) is 6.54 Å². The van der Waals surface area contributed by atoms with Gasteiger partial charge in [0.15, 0.2) is 0 Å². The van der Waals surface area contributed by atoms with Gasteiger partial charge in [-0.15, -0.1) is 0 Å². The van der Waals surface area contributed by atoms with Gasteiger partial charge in [0.2, 0.25) is 0 Å². The Bertz CT molecular complexity index is 965. The number of anilines is 1. The topological polar surface area (TPSA) is 37.3 Å². The van der Waals surface area contributed by atoms with Gasteiger partial charge in [0.1, 0.15) is 6.04 Å². The van der Waals surface area contributed by atoms with Crippen molar-refractivity contribution in [2.24, 2.45) is 0 Å². The van der Waals surface area contributed by atoms with E-state index in [1.54, 1.807) is 0 Å². The van der Waals surface area contributed by atoms with Crippen LogP contribution in [0.3, 0.4) is 0 Å². The van der Waals surface area contributed by atoms with Crippen LogP contribution in [0.2, 0.25) is 5.02 Å². The lowest BCUT2D eigenvalue weighted by Crippen LogP contribution is -2.39. The standard InChI is InChI=1S/C22H22ClN3O/c1-16-7-4-8-17(15-16)24-22(27)26-14-6-13-25-12-5-11-20(25)21(26)18-9-2-3-10-19(18)23/h2-5,7-12,15,21H,6,13-14H2,1H3,(H,24,27)/t21-/m1/s1. The van der Waals surface area contributed by atoms with Gasteiger partial charge in [-0.3, -0.25) is 0 Å². The van der Waals surface area contributed by atoms with Crippen LogP contribution in [0.15, 0.2) is 66.9 Å². The SMILES string of the molecule is Cc1cccc(NC(=O)N2CCCn3cccc3[C@H]2c2ccccc2Cl)c1. The summed E-state index contributed by atoms with van der Waals surface area (Å²) in [5.74, 6) is 0. The molecule has 1 aliphatic rings. The van der Waals surface area contributed by atoms with E-state index in [0.717, 1.165) is 35.5 Å². The quantitative estimate of drug-likeness (QED) is 0.629. The van der Waals surface area contributed by atoms with Gasteiger partial charge >= 0.3 is 6.03 Å². The number of fused-ring (bicyclic) bond motifs is 1. The first-order valence-electron chi connectivity index (χ1n) is 9.17. The number of carbonyl (C=O) groups is 1. The van der Waals surface area contributed by atoms with Crippen molar-refractivity contribution in [3.63, 3.8) is 0 Å². The molecule has 138 valence electrons. The zero-order chi connectivity index (χ0) is 18.8. The Kier molecular flexibility index (Phi) is 4.90. The molecule has 0 unspecified atom stereocenters. The lowest BCUT2D eigenvalue weighted by atomic mass is 10.0. The molecule has 2 amide bonds. The summed E-state index contributed by atoms with van der Waals surface area (Å²) in [4.78, 5) is 15.1. The molecule has 27 heavy (non-hydrogen) atoms. The fraction of sp³-hybridized carbons (Fsp3) is 0.227. The van der Waals surface area contributed by atoms with E-state index in [2.05, 4.69) is 22.1 Å². The minimum atomic E-state index is -0.221. The molecule has 1 N–H and O–H groups in total. The number of aromatic nitrogens is 1. The van der Waals surface area contributed by atoms with Gasteiger partial charge in [-0.05, 0) is 54.8 Å². The molecule has 5 heteroatoms. The van der Waals surface area contributed by atoms with E-state index in [0.29, 0.717) is 11.6 Å². The van der Waals surface area contributed by atoms with E-state index >= 15 is 0 Å². The van der Waals surface area contributed by atoms with Gasteiger partial charge in [0, 0.05) is 35.7 Å². The minimum absolute atomic E-state index is 0.111. The molecule has 1 aliphatic heterocycles. The highest BCUT2D eigenvalue weighted by Crippen LogP contribution is 2.35. The minimum Gasteiger partial charge on any atom is -0.349 e. The average molecular weight is 380 g/mol. The maximum Gasteiger partial charge on any atom is 0.322 e. The van der Waals surface area contributed by atoms with Gasteiger partial charge in [0.25, 0.3) is 0 Å². The van der Waals surface area contributed by atoms with Crippen LogP contribution >= 0.6 is 11.6 Å². The van der Waals surface area contributed by atoms with E-state index < -0.39 is 0 Å². The number of urea groups is 1. The van der Waals surface area contributed by atoms with E-state index in [4.69, 9.17) is 11.6 Å². The molecule has 0 fully saturated rings. The molecule has 1 atom stereocenters. The van der Waals surface area contributed by atoms with Crippen LogP contribution < -0.4 is 5.32 Å². The normalized spacial score (nSPS) is 16.5. The Morgan fingerprint density at radius 1 is 1.07 bits per heavy atom. The second kappa shape index (κ2) is 7.49. The fourth-order valence-corrected chi connectivity index (χ4v) is 3.98. The summed E-state index contributed by atoms with van der Waals surface area (Å²) < 4.78 is 2.22. The Hall–Kier alpha value is -2.72. The van der Waals surface area contributed by atoms with Crippen LogP contribution in [0.4, 0.5) is 10.5 Å². The number of carbonyl (C=O) groups excluding carboxylic acids is 1. The molecular weight excluding hydrogens is 358 g/mol. The van der Waals surface area contributed by atoms with Gasteiger partial charge < -0.3 is 14.8 Å². The second-order valence-corrected chi connectivity index (χ2v) is 7.30. The second-order valence-electron chi connectivity index (χ2n) is 6.90. The predicted molar refractivity (Wildman–Crippen MR) is 109 cm³/mol. The molecule has 0 radical (unpaired) electrons. The summed E-state index contributed by atoms with van der Waals surface area (Å²) in [6.45, 7) is 3.56. The predicted octanol–water partition coefficient (Wildman–Crippen LogP) is 5.48. The zero-order valence-electron chi connectivity index (χ0n) is 15.2. The number of halogens is 1. The molecule has 2 heterocycles. The summed E-state index contributed by atoms with van der Waals surface area (Å²) in [6.07, 6.45) is 2.96. The third kappa shape index (κ3) is 3.58. The van der Waals surface area contributed by atoms with Crippen LogP contribution in [0.1, 0.15) is 29.3 Å². The van der Waals surface area contributed by atoms with Gasteiger partial charge in [0.05, 0.1) is 0 Å². The molecule has 4 nitrogen and oxygen atoms in total. The summed E-state index contributed by atoms with van der Waals surface area (Å²) in [7, 11) is 0. The van der Waals surface area contributed by atoms with Crippen molar-refractivity contribution in [2.45, 2.75) is 25.9 Å². The van der Waals surface area contributed by atoms with Gasteiger partial charge in [-0.25, -0.2) is 4.79 Å². The van der Waals surface area contributed by atoms with Crippen LogP contribution in [0, 0.1) is 6.92 Å². The molecule has 0 spiro atoms. The molecule has 4 rings (SSSR count). The molecule has 0 bridgehead atoms. The van der Waals surface area contributed by atoms with E-state index in [9.17, 15) is 4.79 Å². The first kappa shape index (κ1) is 17.7. The molecule has 2 aromatic carbocycles. The van der Waals surface area contributed by atoms with Crippen LogP contribution in [-0.4, -0.2) is 22.0 Å². The number of nitrogens with zero attached hydrogens (tertiary/aromatic N) is 2. The first-order valence-corrected chi connectivity index (χ1v) is 9.55. The number of nitrogens with one attached hydrogen (secondary N) is 1. The molecular formula is C22H22ClN3O. The lowest BCUT2D eigenvalue weighted by Gasteiger charge is -2.31. The molecule has 3 aromatic rings. The van der Waals surface area contributed by atoms with Gasteiger partial charge in [-0.2, -0.15) is 0 Å². The number of rotatable bonds is 2. The number of hydrogen-bond donors (Lipinski definition) is 1.